The fraction of sp³-hybridized carbons (Fsp3) is 0.714. The molecule has 1 heterocycles. The summed E-state index contributed by atoms with van der Waals surface area (Å²) in [6, 6.07) is 1.75. The fourth-order valence-corrected chi connectivity index (χ4v) is 1.76. The van der Waals surface area contributed by atoms with Crippen LogP contribution in [-0.4, -0.2) is 43.4 Å². The molecule has 0 radical (unpaired) electrons. The SMILES string of the molecule is COCCOCCCCNc1cc(Cl)nc(C(C)C)n1. The van der Waals surface area contributed by atoms with Crippen molar-refractivity contribution < 1.29 is 9.47 Å². The van der Waals surface area contributed by atoms with Crippen LogP contribution in [0.4, 0.5) is 5.82 Å². The smallest absolute Gasteiger partial charge is 0.135 e. The van der Waals surface area contributed by atoms with Crippen LogP contribution >= 0.6 is 11.6 Å². The second-order valence-corrected chi connectivity index (χ2v) is 5.22. The second kappa shape index (κ2) is 9.91. The Kier molecular flexibility index (Phi) is 8.49. The summed E-state index contributed by atoms with van der Waals surface area (Å²) in [5, 5.41) is 3.75. The van der Waals surface area contributed by atoms with Gasteiger partial charge in [0.15, 0.2) is 0 Å². The van der Waals surface area contributed by atoms with Crippen LogP contribution in [0, 0.1) is 0 Å². The average molecular weight is 302 g/mol. The van der Waals surface area contributed by atoms with E-state index in [1.807, 2.05) is 13.8 Å². The minimum Gasteiger partial charge on any atom is -0.382 e. The predicted molar refractivity (Wildman–Crippen MR) is 81.5 cm³/mol. The number of rotatable bonds is 10. The van der Waals surface area contributed by atoms with Gasteiger partial charge >= 0.3 is 0 Å². The highest BCUT2D eigenvalue weighted by atomic mass is 35.5. The van der Waals surface area contributed by atoms with Crippen molar-refractivity contribution in [3.05, 3.63) is 17.0 Å². The van der Waals surface area contributed by atoms with Gasteiger partial charge in [-0.1, -0.05) is 25.4 Å². The maximum Gasteiger partial charge on any atom is 0.135 e. The lowest BCUT2D eigenvalue weighted by Crippen LogP contribution is -2.08. The molecule has 114 valence electrons. The Morgan fingerprint density at radius 3 is 2.70 bits per heavy atom. The lowest BCUT2D eigenvalue weighted by atomic mass is 10.2. The highest BCUT2D eigenvalue weighted by molar-refractivity contribution is 6.29. The average Bonchev–Trinajstić information content (AvgIpc) is 2.41. The number of hydrogen-bond acceptors (Lipinski definition) is 5. The van der Waals surface area contributed by atoms with Crippen LogP contribution in [0.2, 0.25) is 5.15 Å². The third-order valence-corrected chi connectivity index (χ3v) is 2.88. The molecule has 1 N–H and O–H groups in total. The zero-order valence-electron chi connectivity index (χ0n) is 12.5. The monoisotopic (exact) mass is 301 g/mol. The topological polar surface area (TPSA) is 56.3 Å². The van der Waals surface area contributed by atoms with Gasteiger partial charge in [-0.15, -0.1) is 0 Å². The minimum atomic E-state index is 0.267. The molecule has 0 aliphatic rings. The highest BCUT2D eigenvalue weighted by Crippen LogP contribution is 2.16. The van der Waals surface area contributed by atoms with Gasteiger partial charge in [-0.3, -0.25) is 0 Å². The van der Waals surface area contributed by atoms with Crippen molar-refractivity contribution in [2.45, 2.75) is 32.6 Å². The molecule has 0 unspecified atom stereocenters. The summed E-state index contributed by atoms with van der Waals surface area (Å²) >= 11 is 5.98. The molecule has 0 bridgehead atoms. The molecule has 0 fully saturated rings. The zero-order valence-corrected chi connectivity index (χ0v) is 13.2. The maximum atomic E-state index is 5.98. The van der Waals surface area contributed by atoms with Crippen LogP contribution in [0.25, 0.3) is 0 Å². The van der Waals surface area contributed by atoms with E-state index in [2.05, 4.69) is 15.3 Å². The first-order valence-corrected chi connectivity index (χ1v) is 7.36. The third-order valence-electron chi connectivity index (χ3n) is 2.68. The summed E-state index contributed by atoms with van der Waals surface area (Å²) in [6.45, 7) is 7.00. The summed E-state index contributed by atoms with van der Waals surface area (Å²) in [7, 11) is 1.67. The molecule has 0 atom stereocenters. The Morgan fingerprint density at radius 2 is 2.00 bits per heavy atom. The molecule has 0 aromatic carbocycles. The normalized spacial score (nSPS) is 11.1. The van der Waals surface area contributed by atoms with Crippen LogP contribution in [0.15, 0.2) is 6.07 Å². The number of halogens is 1. The van der Waals surface area contributed by atoms with Gasteiger partial charge < -0.3 is 14.8 Å². The van der Waals surface area contributed by atoms with Crippen LogP contribution < -0.4 is 5.32 Å². The van der Waals surface area contributed by atoms with E-state index < -0.39 is 0 Å². The standard InChI is InChI=1S/C14H24ClN3O2/c1-11(2)14-17-12(15)10-13(18-14)16-6-4-5-7-20-9-8-19-3/h10-11H,4-9H2,1-3H3,(H,16,17,18). The number of nitrogens with one attached hydrogen (secondary N) is 1. The van der Waals surface area contributed by atoms with Gasteiger partial charge in [0.2, 0.25) is 0 Å². The predicted octanol–water partition coefficient (Wildman–Crippen LogP) is 3.11. The van der Waals surface area contributed by atoms with E-state index in [9.17, 15) is 0 Å². The Hall–Kier alpha value is -0.910. The number of ether oxygens (including phenoxy) is 2. The quantitative estimate of drug-likeness (QED) is 0.531. The molecule has 0 saturated carbocycles. The fourth-order valence-electron chi connectivity index (χ4n) is 1.57. The summed E-state index contributed by atoms with van der Waals surface area (Å²) in [5.74, 6) is 1.82. The first kappa shape index (κ1) is 17.1. The molecule has 0 aliphatic carbocycles. The van der Waals surface area contributed by atoms with Crippen molar-refractivity contribution in [1.82, 2.24) is 9.97 Å². The number of methoxy groups -OCH3 is 1. The van der Waals surface area contributed by atoms with E-state index in [0.29, 0.717) is 18.4 Å². The van der Waals surface area contributed by atoms with Crippen molar-refractivity contribution in [2.24, 2.45) is 0 Å². The molecule has 20 heavy (non-hydrogen) atoms. The number of anilines is 1. The van der Waals surface area contributed by atoms with Gasteiger partial charge in [0, 0.05) is 32.2 Å². The van der Waals surface area contributed by atoms with Gasteiger partial charge in [-0.25, -0.2) is 9.97 Å². The molecular formula is C14H24ClN3O2. The molecule has 1 rings (SSSR count). The van der Waals surface area contributed by atoms with Crippen molar-refractivity contribution in [1.29, 1.82) is 0 Å². The Labute approximate surface area is 126 Å². The van der Waals surface area contributed by atoms with Crippen molar-refractivity contribution >= 4 is 17.4 Å². The van der Waals surface area contributed by atoms with Gasteiger partial charge in [0.1, 0.15) is 16.8 Å². The second-order valence-electron chi connectivity index (χ2n) is 4.83. The van der Waals surface area contributed by atoms with E-state index in [4.69, 9.17) is 21.1 Å². The molecule has 5 nitrogen and oxygen atoms in total. The number of hydrogen-bond donors (Lipinski definition) is 1. The molecule has 0 spiro atoms. The summed E-state index contributed by atoms with van der Waals surface area (Å²) in [5.41, 5.74) is 0. The van der Waals surface area contributed by atoms with E-state index in [-0.39, 0.29) is 5.92 Å². The molecular weight excluding hydrogens is 278 g/mol. The number of nitrogens with zero attached hydrogens (tertiary/aromatic N) is 2. The lowest BCUT2D eigenvalue weighted by Gasteiger charge is -2.09. The largest absolute Gasteiger partial charge is 0.382 e. The van der Waals surface area contributed by atoms with Crippen LogP contribution in [0.1, 0.15) is 38.4 Å². The van der Waals surface area contributed by atoms with E-state index >= 15 is 0 Å². The van der Waals surface area contributed by atoms with Crippen molar-refractivity contribution in [3.8, 4) is 0 Å². The highest BCUT2D eigenvalue weighted by Gasteiger charge is 2.06. The van der Waals surface area contributed by atoms with E-state index in [1.165, 1.54) is 0 Å². The van der Waals surface area contributed by atoms with Gasteiger partial charge in [0.05, 0.1) is 13.2 Å². The Morgan fingerprint density at radius 1 is 1.20 bits per heavy atom. The first-order valence-electron chi connectivity index (χ1n) is 6.98. The summed E-state index contributed by atoms with van der Waals surface area (Å²) in [6.07, 6.45) is 2.03. The van der Waals surface area contributed by atoms with Crippen LogP contribution in [0.3, 0.4) is 0 Å². The molecule has 0 amide bonds. The van der Waals surface area contributed by atoms with Crippen molar-refractivity contribution in [3.63, 3.8) is 0 Å². The van der Waals surface area contributed by atoms with E-state index in [1.54, 1.807) is 13.2 Å². The van der Waals surface area contributed by atoms with Crippen molar-refractivity contribution in [2.75, 3.05) is 38.8 Å². The Bertz CT molecular complexity index is 389. The zero-order chi connectivity index (χ0) is 14.8. The minimum absolute atomic E-state index is 0.267. The van der Waals surface area contributed by atoms with Gasteiger partial charge in [-0.05, 0) is 12.8 Å². The van der Waals surface area contributed by atoms with Gasteiger partial charge in [0.25, 0.3) is 0 Å². The van der Waals surface area contributed by atoms with Crippen LogP contribution in [-0.2, 0) is 9.47 Å². The van der Waals surface area contributed by atoms with Crippen LogP contribution in [0.5, 0.6) is 0 Å². The third kappa shape index (κ3) is 7.03. The maximum absolute atomic E-state index is 5.98. The van der Waals surface area contributed by atoms with E-state index in [0.717, 1.165) is 37.6 Å². The number of unbranched alkanes of at least 4 members (excludes halogenated alkanes) is 1. The Balaban J connectivity index is 2.21. The first-order chi connectivity index (χ1) is 9.63. The molecule has 1 aromatic rings. The summed E-state index contributed by atoms with van der Waals surface area (Å²) < 4.78 is 10.3. The molecule has 0 aliphatic heterocycles. The number of aromatic nitrogens is 2. The molecule has 6 heteroatoms. The lowest BCUT2D eigenvalue weighted by molar-refractivity contribution is 0.0691. The summed E-state index contributed by atoms with van der Waals surface area (Å²) in [4.78, 5) is 8.64. The molecule has 0 saturated heterocycles. The van der Waals surface area contributed by atoms with Gasteiger partial charge in [-0.2, -0.15) is 0 Å². The molecule has 1 aromatic heterocycles.